The van der Waals surface area contributed by atoms with E-state index in [1.54, 1.807) is 7.05 Å². The molecular formula is C12H10N4OS. The molecule has 0 bridgehead atoms. The summed E-state index contributed by atoms with van der Waals surface area (Å²) < 4.78 is 2.03. The van der Waals surface area contributed by atoms with Crippen molar-refractivity contribution < 1.29 is 0 Å². The number of nitrogens with zero attached hydrogens (tertiary/aromatic N) is 3. The lowest BCUT2D eigenvalue weighted by atomic mass is 10.1. The summed E-state index contributed by atoms with van der Waals surface area (Å²) in [5.74, 6) is 0. The molecule has 0 aliphatic carbocycles. The molecule has 0 fully saturated rings. The van der Waals surface area contributed by atoms with E-state index in [1.807, 2.05) is 30.3 Å². The lowest BCUT2D eigenvalue weighted by Gasteiger charge is -2.03. The van der Waals surface area contributed by atoms with Crippen molar-refractivity contribution in [3.63, 3.8) is 0 Å². The first kappa shape index (κ1) is 10.9. The highest BCUT2D eigenvalue weighted by Crippen LogP contribution is 2.30. The summed E-state index contributed by atoms with van der Waals surface area (Å²) >= 11 is 1.29. The highest BCUT2D eigenvalue weighted by molar-refractivity contribution is 7.22. The van der Waals surface area contributed by atoms with Crippen LogP contribution in [-0.2, 0) is 7.05 Å². The van der Waals surface area contributed by atoms with Crippen molar-refractivity contribution in [3.05, 3.63) is 40.7 Å². The quantitative estimate of drug-likeness (QED) is 0.720. The van der Waals surface area contributed by atoms with Crippen LogP contribution in [0, 0.1) is 0 Å². The van der Waals surface area contributed by atoms with Crippen LogP contribution >= 0.6 is 11.3 Å². The van der Waals surface area contributed by atoms with E-state index in [0.717, 1.165) is 16.0 Å². The minimum Gasteiger partial charge on any atom is -0.375 e. The number of nitrogen functional groups attached to an aromatic ring is 1. The average molecular weight is 258 g/mol. The molecular weight excluding hydrogens is 248 g/mol. The third-order valence-corrected chi connectivity index (χ3v) is 3.54. The molecule has 0 saturated carbocycles. The van der Waals surface area contributed by atoms with Crippen LogP contribution in [0.25, 0.3) is 21.5 Å². The van der Waals surface area contributed by atoms with Crippen molar-refractivity contribution in [3.8, 4) is 11.3 Å². The Morgan fingerprint density at radius 3 is 2.72 bits per heavy atom. The fourth-order valence-electron chi connectivity index (χ4n) is 1.82. The first-order chi connectivity index (χ1) is 8.66. The van der Waals surface area contributed by atoms with Gasteiger partial charge >= 0.3 is 0 Å². The van der Waals surface area contributed by atoms with E-state index in [2.05, 4.69) is 10.1 Å². The van der Waals surface area contributed by atoms with Gasteiger partial charge < -0.3 is 5.73 Å². The maximum Gasteiger partial charge on any atom is 0.293 e. The van der Waals surface area contributed by atoms with E-state index in [4.69, 9.17) is 5.73 Å². The SMILES string of the molecule is Cn1nc(-c2ccccc2)c2sc(N)nc2c1=O. The van der Waals surface area contributed by atoms with E-state index in [0.29, 0.717) is 10.6 Å². The van der Waals surface area contributed by atoms with Gasteiger partial charge in [0.2, 0.25) is 0 Å². The lowest BCUT2D eigenvalue weighted by molar-refractivity contribution is 0.721. The summed E-state index contributed by atoms with van der Waals surface area (Å²) in [6.07, 6.45) is 0. The van der Waals surface area contributed by atoms with Gasteiger partial charge in [0.25, 0.3) is 5.56 Å². The summed E-state index contributed by atoms with van der Waals surface area (Å²) in [5.41, 5.74) is 7.53. The molecule has 6 heteroatoms. The molecule has 0 unspecified atom stereocenters. The summed E-state index contributed by atoms with van der Waals surface area (Å²) in [6.45, 7) is 0. The second-order valence-electron chi connectivity index (χ2n) is 3.87. The number of benzene rings is 1. The molecule has 0 amide bonds. The van der Waals surface area contributed by atoms with Crippen molar-refractivity contribution in [2.24, 2.45) is 7.05 Å². The Bertz CT molecular complexity index is 776. The first-order valence-corrected chi connectivity index (χ1v) is 6.17. The Morgan fingerprint density at radius 2 is 2.00 bits per heavy atom. The molecule has 3 rings (SSSR count). The van der Waals surface area contributed by atoms with Gasteiger partial charge in [-0.2, -0.15) is 5.10 Å². The van der Waals surface area contributed by atoms with Crippen molar-refractivity contribution in [1.29, 1.82) is 0 Å². The third kappa shape index (κ3) is 1.58. The summed E-state index contributed by atoms with van der Waals surface area (Å²) in [5, 5.41) is 4.69. The number of hydrogen-bond donors (Lipinski definition) is 1. The molecule has 0 atom stereocenters. The minimum absolute atomic E-state index is 0.224. The van der Waals surface area contributed by atoms with Crippen LogP contribution in [0.15, 0.2) is 35.1 Å². The molecule has 0 spiro atoms. The van der Waals surface area contributed by atoms with Gasteiger partial charge in [-0.15, -0.1) is 0 Å². The zero-order valence-electron chi connectivity index (χ0n) is 9.62. The van der Waals surface area contributed by atoms with Crippen molar-refractivity contribution in [2.45, 2.75) is 0 Å². The van der Waals surface area contributed by atoms with Gasteiger partial charge in [-0.3, -0.25) is 4.79 Å². The predicted octanol–water partition coefficient (Wildman–Crippen LogP) is 1.64. The Hall–Kier alpha value is -2.21. The Balaban J connectivity index is 2.43. The molecule has 0 aliphatic rings. The molecule has 0 radical (unpaired) electrons. The van der Waals surface area contributed by atoms with Crippen molar-refractivity contribution in [2.75, 3.05) is 5.73 Å². The first-order valence-electron chi connectivity index (χ1n) is 5.35. The van der Waals surface area contributed by atoms with Crippen LogP contribution in [0.5, 0.6) is 0 Å². The number of thiazole rings is 1. The molecule has 3 aromatic rings. The second kappa shape index (κ2) is 3.92. The lowest BCUT2D eigenvalue weighted by Crippen LogP contribution is -2.20. The summed E-state index contributed by atoms with van der Waals surface area (Å²) in [6, 6.07) is 9.69. The van der Waals surface area contributed by atoms with Crippen LogP contribution < -0.4 is 11.3 Å². The maximum absolute atomic E-state index is 11.9. The average Bonchev–Trinajstić information content (AvgIpc) is 2.77. The second-order valence-corrected chi connectivity index (χ2v) is 4.90. The van der Waals surface area contributed by atoms with Crippen LogP contribution in [0.3, 0.4) is 0 Å². The van der Waals surface area contributed by atoms with Gasteiger partial charge in [-0.1, -0.05) is 41.7 Å². The fourth-order valence-corrected chi connectivity index (χ4v) is 2.65. The topological polar surface area (TPSA) is 73.8 Å². The van der Waals surface area contributed by atoms with E-state index in [-0.39, 0.29) is 5.56 Å². The normalized spacial score (nSPS) is 10.9. The number of aromatic nitrogens is 3. The molecule has 90 valence electrons. The molecule has 2 heterocycles. The highest BCUT2D eigenvalue weighted by atomic mass is 32.1. The highest BCUT2D eigenvalue weighted by Gasteiger charge is 2.14. The molecule has 1 aromatic carbocycles. The van der Waals surface area contributed by atoms with Crippen molar-refractivity contribution in [1.82, 2.24) is 14.8 Å². The predicted molar refractivity (Wildman–Crippen MR) is 72.5 cm³/mol. The molecule has 0 aliphatic heterocycles. The smallest absolute Gasteiger partial charge is 0.293 e. The minimum atomic E-state index is -0.224. The molecule has 0 saturated heterocycles. The van der Waals surface area contributed by atoms with Crippen LogP contribution in [-0.4, -0.2) is 14.8 Å². The van der Waals surface area contributed by atoms with Gasteiger partial charge in [0, 0.05) is 12.6 Å². The zero-order valence-corrected chi connectivity index (χ0v) is 10.4. The maximum atomic E-state index is 11.9. The van der Waals surface area contributed by atoms with Gasteiger partial charge in [-0.05, 0) is 0 Å². The Labute approximate surface area is 107 Å². The Morgan fingerprint density at radius 1 is 1.28 bits per heavy atom. The summed E-state index contributed by atoms with van der Waals surface area (Å²) in [7, 11) is 1.61. The zero-order chi connectivity index (χ0) is 12.7. The third-order valence-electron chi connectivity index (χ3n) is 2.65. The number of hydrogen-bond acceptors (Lipinski definition) is 5. The van der Waals surface area contributed by atoms with Gasteiger partial charge in [-0.25, -0.2) is 9.67 Å². The molecule has 18 heavy (non-hydrogen) atoms. The number of fused-ring (bicyclic) bond motifs is 1. The van der Waals surface area contributed by atoms with Crippen molar-refractivity contribution >= 4 is 26.7 Å². The Kier molecular flexibility index (Phi) is 2.38. The molecule has 2 aromatic heterocycles. The van der Waals surface area contributed by atoms with Gasteiger partial charge in [0.1, 0.15) is 5.69 Å². The van der Waals surface area contributed by atoms with E-state index in [1.165, 1.54) is 16.0 Å². The van der Waals surface area contributed by atoms with Gasteiger partial charge in [0.15, 0.2) is 10.6 Å². The largest absolute Gasteiger partial charge is 0.375 e. The van der Waals surface area contributed by atoms with E-state index in [9.17, 15) is 4.79 Å². The van der Waals surface area contributed by atoms with Crippen LogP contribution in [0.4, 0.5) is 5.13 Å². The molecule has 2 N–H and O–H groups in total. The van der Waals surface area contributed by atoms with E-state index < -0.39 is 0 Å². The number of anilines is 1. The number of rotatable bonds is 1. The number of nitrogens with two attached hydrogens (primary N) is 1. The van der Waals surface area contributed by atoms with Gasteiger partial charge in [0.05, 0.1) is 4.70 Å². The standard InChI is InChI=1S/C12H10N4OS/c1-16-11(17)9-10(18-12(13)14-9)8(15-16)7-5-3-2-4-6-7/h2-6H,1H3,(H2,13,14). The summed E-state index contributed by atoms with van der Waals surface area (Å²) in [4.78, 5) is 16.0. The fraction of sp³-hybridized carbons (Fsp3) is 0.0833. The van der Waals surface area contributed by atoms with Crippen LogP contribution in [0.2, 0.25) is 0 Å². The monoisotopic (exact) mass is 258 g/mol. The molecule has 5 nitrogen and oxygen atoms in total. The number of aryl methyl sites for hydroxylation is 1. The van der Waals surface area contributed by atoms with Crippen LogP contribution in [0.1, 0.15) is 0 Å². The van der Waals surface area contributed by atoms with E-state index >= 15 is 0 Å².